The maximum Gasteiger partial charge on any atom is 0.169 e. The Hall–Kier alpha value is -1.06. The molecule has 20 heavy (non-hydrogen) atoms. The van der Waals surface area contributed by atoms with Crippen LogP contribution in [0.5, 0.6) is 0 Å². The average Bonchev–Trinajstić information content (AvgIpc) is 2.45. The molecule has 2 rings (SSSR count). The Kier molecular flexibility index (Phi) is 4.71. The molecule has 0 aromatic carbocycles. The Morgan fingerprint density at radius 3 is 2.90 bits per heavy atom. The molecule has 0 aliphatic carbocycles. The zero-order chi connectivity index (χ0) is 14.8. The molecule has 2 heterocycles. The molecule has 1 unspecified atom stereocenters. The molecule has 1 atom stereocenters. The van der Waals surface area contributed by atoms with Gasteiger partial charge in [-0.25, -0.2) is 24.2 Å². The van der Waals surface area contributed by atoms with Crippen LogP contribution >= 0.6 is 11.8 Å². The van der Waals surface area contributed by atoms with Crippen molar-refractivity contribution in [2.45, 2.75) is 18.7 Å². The van der Waals surface area contributed by atoms with Crippen LogP contribution in [0.15, 0.2) is 6.07 Å². The van der Waals surface area contributed by atoms with Gasteiger partial charge < -0.3 is 10.3 Å². The summed E-state index contributed by atoms with van der Waals surface area (Å²) >= 11 is 1.64. The Morgan fingerprint density at radius 2 is 2.30 bits per heavy atom. The minimum absolute atomic E-state index is 0.498. The quantitative estimate of drug-likeness (QED) is 0.602. The zero-order valence-corrected chi connectivity index (χ0v) is 13.2. The third-order valence-electron chi connectivity index (χ3n) is 3.10. The highest BCUT2D eigenvalue weighted by atomic mass is 32.2. The highest BCUT2D eigenvalue weighted by Gasteiger charge is 2.32. The summed E-state index contributed by atoms with van der Waals surface area (Å²) in [5, 5.41) is -0.550. The number of anilines is 2. The van der Waals surface area contributed by atoms with E-state index in [1.807, 2.05) is 11.8 Å². The van der Waals surface area contributed by atoms with Crippen molar-refractivity contribution in [3.63, 3.8) is 0 Å². The van der Waals surface area contributed by atoms with Crippen molar-refractivity contribution in [3.05, 3.63) is 11.9 Å². The lowest BCUT2D eigenvalue weighted by atomic mass is 10.4. The molecule has 1 aromatic rings. The molecule has 0 spiro atoms. The van der Waals surface area contributed by atoms with E-state index in [1.165, 1.54) is 6.26 Å². The van der Waals surface area contributed by atoms with Gasteiger partial charge in [0.25, 0.3) is 0 Å². The lowest BCUT2D eigenvalue weighted by Crippen LogP contribution is -2.47. The van der Waals surface area contributed by atoms with E-state index in [1.54, 1.807) is 17.8 Å². The van der Waals surface area contributed by atoms with Crippen LogP contribution in [-0.4, -0.2) is 48.1 Å². The highest BCUT2D eigenvalue weighted by molar-refractivity contribution is 8.01. The molecule has 9 heteroatoms. The third kappa shape index (κ3) is 3.33. The fourth-order valence-corrected chi connectivity index (χ4v) is 4.89. The zero-order valence-electron chi connectivity index (χ0n) is 11.5. The molecule has 112 valence electrons. The van der Waals surface area contributed by atoms with Crippen molar-refractivity contribution in [1.82, 2.24) is 9.97 Å². The molecule has 0 radical (unpaired) electrons. The molecule has 0 saturated carbocycles. The molecule has 1 aliphatic heterocycles. The average molecular weight is 317 g/mol. The van der Waals surface area contributed by atoms with Gasteiger partial charge >= 0.3 is 0 Å². The van der Waals surface area contributed by atoms with Gasteiger partial charge in [-0.15, -0.1) is 0 Å². The standard InChI is InChI=1S/C11H19N5O2S2/c1-3-8-13-9(15-12)6-10(14-8)16-4-5-19-7-11(16)20(2,17)18/h6,11H,3-5,7,12H2,1-2H3,(H,13,14,15). The highest BCUT2D eigenvalue weighted by Crippen LogP contribution is 2.26. The Morgan fingerprint density at radius 1 is 1.55 bits per heavy atom. The number of nitrogens with zero attached hydrogens (tertiary/aromatic N) is 3. The second-order valence-electron chi connectivity index (χ2n) is 4.58. The topological polar surface area (TPSA) is 101 Å². The van der Waals surface area contributed by atoms with Crippen LogP contribution in [0.25, 0.3) is 0 Å². The first-order chi connectivity index (χ1) is 9.45. The second kappa shape index (κ2) is 6.15. The molecule has 7 nitrogen and oxygen atoms in total. The number of hydrazine groups is 1. The van der Waals surface area contributed by atoms with Gasteiger partial charge in [-0.05, 0) is 0 Å². The summed E-state index contributed by atoms with van der Waals surface area (Å²) in [6, 6.07) is 1.69. The van der Waals surface area contributed by atoms with Crippen molar-refractivity contribution < 1.29 is 8.42 Å². The van der Waals surface area contributed by atoms with Crippen LogP contribution in [0, 0.1) is 0 Å². The maximum atomic E-state index is 11.9. The van der Waals surface area contributed by atoms with Crippen molar-refractivity contribution in [1.29, 1.82) is 0 Å². The Bertz CT molecular complexity index is 556. The number of sulfone groups is 1. The van der Waals surface area contributed by atoms with Crippen molar-refractivity contribution in [2.75, 3.05) is 34.6 Å². The van der Waals surface area contributed by atoms with Gasteiger partial charge in [-0.2, -0.15) is 11.8 Å². The SMILES string of the molecule is CCc1nc(NN)cc(N2CCSCC2S(C)(=O)=O)n1. The van der Waals surface area contributed by atoms with Gasteiger partial charge in [0.15, 0.2) is 9.84 Å². The lowest BCUT2D eigenvalue weighted by molar-refractivity contribution is 0.583. The fraction of sp³-hybridized carbons (Fsp3) is 0.636. The number of nitrogen functional groups attached to an aromatic ring is 1. The normalized spacial score (nSPS) is 19.9. The Balaban J connectivity index is 2.41. The van der Waals surface area contributed by atoms with Gasteiger partial charge in [0, 0.05) is 36.8 Å². The fourth-order valence-electron chi connectivity index (χ4n) is 2.06. The van der Waals surface area contributed by atoms with E-state index in [0.29, 0.717) is 36.2 Å². The summed E-state index contributed by atoms with van der Waals surface area (Å²) in [6.07, 6.45) is 1.93. The van der Waals surface area contributed by atoms with Gasteiger partial charge in [0.1, 0.15) is 22.8 Å². The number of hydrogen-bond acceptors (Lipinski definition) is 8. The molecule has 1 aliphatic rings. The predicted molar refractivity (Wildman–Crippen MR) is 82.5 cm³/mol. The van der Waals surface area contributed by atoms with Crippen molar-refractivity contribution >= 4 is 33.2 Å². The number of nitrogens with one attached hydrogen (secondary N) is 1. The number of hydrogen-bond donors (Lipinski definition) is 2. The van der Waals surface area contributed by atoms with Crippen LogP contribution in [0.2, 0.25) is 0 Å². The van der Waals surface area contributed by atoms with Crippen molar-refractivity contribution in [3.8, 4) is 0 Å². The minimum atomic E-state index is -3.17. The monoisotopic (exact) mass is 317 g/mol. The first-order valence-corrected chi connectivity index (χ1v) is 9.44. The van der Waals surface area contributed by atoms with Crippen LogP contribution in [-0.2, 0) is 16.3 Å². The summed E-state index contributed by atoms with van der Waals surface area (Å²) in [4.78, 5) is 10.5. The van der Waals surface area contributed by atoms with Gasteiger partial charge in [0.2, 0.25) is 0 Å². The number of nitrogens with two attached hydrogens (primary N) is 1. The number of rotatable bonds is 4. The minimum Gasteiger partial charge on any atom is -0.338 e. The van der Waals surface area contributed by atoms with Gasteiger partial charge in [-0.1, -0.05) is 6.92 Å². The second-order valence-corrected chi connectivity index (χ2v) is 7.93. The number of aryl methyl sites for hydroxylation is 1. The van der Waals surface area contributed by atoms with E-state index < -0.39 is 15.2 Å². The molecule has 3 N–H and O–H groups in total. The molecular formula is C11H19N5O2S2. The van der Waals surface area contributed by atoms with Gasteiger partial charge in [0.05, 0.1) is 0 Å². The van der Waals surface area contributed by atoms with Crippen LogP contribution in [0.4, 0.5) is 11.6 Å². The predicted octanol–water partition coefficient (Wildman–Crippen LogP) is 0.249. The van der Waals surface area contributed by atoms with Gasteiger partial charge in [-0.3, -0.25) is 0 Å². The first-order valence-electron chi connectivity index (χ1n) is 6.33. The number of thioether (sulfide) groups is 1. The summed E-state index contributed by atoms with van der Waals surface area (Å²) in [5.41, 5.74) is 2.50. The molecular weight excluding hydrogens is 298 g/mol. The molecule has 1 saturated heterocycles. The smallest absolute Gasteiger partial charge is 0.169 e. The molecule has 1 aromatic heterocycles. The summed E-state index contributed by atoms with van der Waals surface area (Å²) in [5.74, 6) is 8.59. The maximum absolute atomic E-state index is 11.9. The van der Waals surface area contributed by atoms with Crippen LogP contribution < -0.4 is 16.2 Å². The van der Waals surface area contributed by atoms with E-state index in [-0.39, 0.29) is 0 Å². The summed E-state index contributed by atoms with van der Waals surface area (Å²) in [7, 11) is -3.17. The Labute approximate surface area is 123 Å². The molecule has 0 bridgehead atoms. The first kappa shape index (κ1) is 15.3. The third-order valence-corrected chi connectivity index (χ3v) is 5.74. The van der Waals surface area contributed by atoms with E-state index >= 15 is 0 Å². The molecule has 1 fully saturated rings. The van der Waals surface area contributed by atoms with Crippen LogP contribution in [0.3, 0.4) is 0 Å². The van der Waals surface area contributed by atoms with Crippen LogP contribution in [0.1, 0.15) is 12.7 Å². The van der Waals surface area contributed by atoms with E-state index in [9.17, 15) is 8.42 Å². The summed E-state index contributed by atoms with van der Waals surface area (Å²) in [6.45, 7) is 2.59. The largest absolute Gasteiger partial charge is 0.338 e. The molecule has 0 amide bonds. The lowest BCUT2D eigenvalue weighted by Gasteiger charge is -2.35. The number of aromatic nitrogens is 2. The summed E-state index contributed by atoms with van der Waals surface area (Å²) < 4.78 is 23.9. The van der Waals surface area contributed by atoms with E-state index in [4.69, 9.17) is 5.84 Å². The van der Waals surface area contributed by atoms with Crippen molar-refractivity contribution in [2.24, 2.45) is 5.84 Å². The van der Waals surface area contributed by atoms with E-state index in [0.717, 1.165) is 5.75 Å². The van der Waals surface area contributed by atoms with E-state index in [2.05, 4.69) is 15.4 Å².